The number of halogens is 3. The van der Waals surface area contributed by atoms with Crippen LogP contribution in [-0.2, 0) is 51.5 Å². The van der Waals surface area contributed by atoms with E-state index in [0.29, 0.717) is 51.9 Å². The molecule has 4 aromatic rings. The number of carboxylic acids is 1. The molecule has 1 aliphatic carbocycles. The number of hydrogen-bond acceptors (Lipinski definition) is 6. The standard InChI is InChI=1S/C36H40ClF2N5O3S/c1-22-16-30-31(37)12-11-29-28(34(35(45)46)42(2)33(29)30)10-7-14-47-32-18-24(17-23-8-5-6-9-27(23)32)36(38,39)20-26-19-25(41-44(26)4)21-48-15-13-40-43(22)3/h11-13,16-19H,5-10,14-15,20-21H2,1-4H3,(H,45,46)/b22-16+,40-13+. The van der Waals surface area contributed by atoms with E-state index in [4.69, 9.17) is 16.3 Å². The van der Waals surface area contributed by atoms with Crippen LogP contribution in [0.5, 0.6) is 5.75 Å². The van der Waals surface area contributed by atoms with Gasteiger partial charge in [-0.1, -0.05) is 17.7 Å². The summed E-state index contributed by atoms with van der Waals surface area (Å²) in [6.07, 6.45) is 7.61. The summed E-state index contributed by atoms with van der Waals surface area (Å²) in [7, 11) is 5.28. The molecule has 3 heterocycles. The van der Waals surface area contributed by atoms with Gasteiger partial charge in [0.15, 0.2) is 0 Å². The van der Waals surface area contributed by atoms with Gasteiger partial charge in [0.05, 0.1) is 24.2 Å². The first-order valence-electron chi connectivity index (χ1n) is 16.2. The highest BCUT2D eigenvalue weighted by atomic mass is 35.5. The number of benzene rings is 2. The average Bonchev–Trinajstić information content (AvgIpc) is 3.54. The first-order chi connectivity index (χ1) is 22.9. The number of rotatable bonds is 1. The summed E-state index contributed by atoms with van der Waals surface area (Å²) in [5.41, 5.74) is 6.16. The normalized spacial score (nSPS) is 19.2. The minimum absolute atomic E-state index is 0.0555. The fraction of sp³-hybridized carbons (Fsp3) is 0.417. The van der Waals surface area contributed by atoms with Crippen molar-refractivity contribution in [2.75, 3.05) is 19.4 Å². The first kappa shape index (κ1) is 34.0. The molecule has 0 unspecified atom stereocenters. The van der Waals surface area contributed by atoms with Crippen molar-refractivity contribution in [3.05, 3.63) is 86.0 Å². The van der Waals surface area contributed by atoms with E-state index in [9.17, 15) is 9.90 Å². The molecule has 8 bridgehead atoms. The van der Waals surface area contributed by atoms with Gasteiger partial charge in [0.25, 0.3) is 5.92 Å². The molecule has 8 nitrogen and oxygen atoms in total. The number of hydrazone groups is 1. The van der Waals surface area contributed by atoms with Crippen molar-refractivity contribution in [2.24, 2.45) is 19.2 Å². The summed E-state index contributed by atoms with van der Waals surface area (Å²) in [5, 5.41) is 22.4. The molecule has 48 heavy (non-hydrogen) atoms. The van der Waals surface area contributed by atoms with Gasteiger partial charge in [0, 0.05) is 71.8 Å². The summed E-state index contributed by atoms with van der Waals surface area (Å²) < 4.78 is 41.5. The lowest BCUT2D eigenvalue weighted by Gasteiger charge is -2.24. The van der Waals surface area contributed by atoms with Gasteiger partial charge in [-0.05, 0) is 92.5 Å². The Kier molecular flexibility index (Phi) is 9.90. The molecular weight excluding hydrogens is 656 g/mol. The van der Waals surface area contributed by atoms with E-state index in [2.05, 4.69) is 10.2 Å². The summed E-state index contributed by atoms with van der Waals surface area (Å²) in [6, 6.07) is 8.58. The van der Waals surface area contributed by atoms with Crippen LogP contribution < -0.4 is 4.74 Å². The van der Waals surface area contributed by atoms with Crippen LogP contribution in [0.4, 0.5) is 8.78 Å². The Labute approximate surface area is 288 Å². The Morgan fingerprint density at radius 1 is 1.06 bits per heavy atom. The predicted octanol–water partition coefficient (Wildman–Crippen LogP) is 8.01. The number of allylic oxidation sites excluding steroid dienone is 1. The van der Waals surface area contributed by atoms with Crippen LogP contribution in [0.3, 0.4) is 0 Å². The fourth-order valence-corrected chi connectivity index (χ4v) is 7.64. The van der Waals surface area contributed by atoms with Crippen molar-refractivity contribution in [2.45, 2.75) is 63.5 Å². The van der Waals surface area contributed by atoms with Crippen molar-refractivity contribution in [1.82, 2.24) is 19.4 Å². The zero-order valence-corrected chi connectivity index (χ0v) is 29.2. The Balaban J connectivity index is 1.40. The molecule has 12 heteroatoms. The summed E-state index contributed by atoms with van der Waals surface area (Å²) in [5.74, 6) is -2.52. The van der Waals surface area contributed by atoms with E-state index in [1.165, 1.54) is 6.07 Å². The Morgan fingerprint density at radius 3 is 2.62 bits per heavy atom. The lowest BCUT2D eigenvalue weighted by molar-refractivity contribution is -0.00597. The quantitative estimate of drug-likeness (QED) is 0.217. The maximum atomic E-state index is 16.0. The smallest absolute Gasteiger partial charge is 0.352 e. The van der Waals surface area contributed by atoms with Gasteiger partial charge >= 0.3 is 5.97 Å². The van der Waals surface area contributed by atoms with Crippen LogP contribution in [-0.4, -0.2) is 56.1 Å². The highest BCUT2D eigenvalue weighted by Gasteiger charge is 2.35. The van der Waals surface area contributed by atoms with Crippen molar-refractivity contribution in [1.29, 1.82) is 0 Å². The Hall–Kier alpha value is -3.83. The Bertz CT molecular complexity index is 1930. The number of carbonyl (C=O) groups is 1. The number of nitrogens with zero attached hydrogens (tertiary/aromatic N) is 5. The van der Waals surface area contributed by atoms with Crippen molar-refractivity contribution in [3.8, 4) is 5.75 Å². The van der Waals surface area contributed by atoms with Crippen molar-refractivity contribution in [3.63, 3.8) is 0 Å². The van der Waals surface area contributed by atoms with Crippen LogP contribution in [0, 0.1) is 0 Å². The molecule has 0 spiro atoms. The maximum Gasteiger partial charge on any atom is 0.352 e. The predicted molar refractivity (Wildman–Crippen MR) is 189 cm³/mol. The number of aromatic carboxylic acids is 1. The van der Waals surface area contributed by atoms with Crippen molar-refractivity contribution >= 4 is 52.5 Å². The van der Waals surface area contributed by atoms with Crippen LogP contribution in [0.25, 0.3) is 17.0 Å². The highest BCUT2D eigenvalue weighted by molar-refractivity contribution is 7.99. The van der Waals surface area contributed by atoms with Gasteiger partial charge < -0.3 is 14.4 Å². The number of aromatic nitrogens is 3. The largest absolute Gasteiger partial charge is 0.493 e. The third-order valence-corrected chi connectivity index (χ3v) is 10.5. The molecule has 0 atom stereocenters. The molecular formula is C36H40ClF2N5O3S. The number of aryl methyl sites for hydroxylation is 4. The lowest BCUT2D eigenvalue weighted by atomic mass is 9.88. The number of ether oxygens (including phenoxy) is 1. The van der Waals surface area contributed by atoms with Gasteiger partial charge in [0.1, 0.15) is 11.4 Å². The minimum atomic E-state index is -3.13. The van der Waals surface area contributed by atoms with Crippen LogP contribution in [0.2, 0.25) is 5.02 Å². The monoisotopic (exact) mass is 695 g/mol. The summed E-state index contributed by atoms with van der Waals surface area (Å²) >= 11 is 8.31. The van der Waals surface area contributed by atoms with Gasteiger partial charge in [-0.25, -0.2) is 13.6 Å². The third-order valence-electron chi connectivity index (χ3n) is 9.31. The molecule has 0 radical (unpaired) electrons. The average molecular weight is 696 g/mol. The summed E-state index contributed by atoms with van der Waals surface area (Å²) in [4.78, 5) is 12.6. The van der Waals surface area contributed by atoms with Crippen molar-refractivity contribution < 1.29 is 23.4 Å². The minimum Gasteiger partial charge on any atom is -0.493 e. The van der Waals surface area contributed by atoms with E-state index < -0.39 is 18.3 Å². The molecule has 6 rings (SSSR count). The molecule has 2 aliphatic rings. The van der Waals surface area contributed by atoms with E-state index in [0.717, 1.165) is 59.1 Å². The van der Waals surface area contributed by atoms with Crippen LogP contribution in [0.15, 0.2) is 41.1 Å². The molecule has 0 saturated heterocycles. The zero-order chi connectivity index (χ0) is 34.2. The maximum absolute atomic E-state index is 16.0. The van der Waals surface area contributed by atoms with E-state index >= 15 is 8.78 Å². The number of fused-ring (bicyclic) bond motifs is 6. The number of thioether (sulfide) groups is 1. The third kappa shape index (κ3) is 6.85. The number of hydrogen-bond donors (Lipinski definition) is 1. The van der Waals surface area contributed by atoms with E-state index in [1.54, 1.807) is 64.5 Å². The fourth-order valence-electron chi connectivity index (χ4n) is 6.79. The first-order valence-corrected chi connectivity index (χ1v) is 17.7. The Morgan fingerprint density at radius 2 is 1.83 bits per heavy atom. The highest BCUT2D eigenvalue weighted by Crippen LogP contribution is 2.40. The molecule has 0 amide bonds. The second-order valence-electron chi connectivity index (χ2n) is 12.6. The summed E-state index contributed by atoms with van der Waals surface area (Å²) in [6.45, 7) is 2.17. The molecule has 254 valence electrons. The SMILES string of the molecule is C/C1=C\c2c(Cl)ccc3c(c(C(=O)O)n(C)c23)CCCOc2cc(cc3c2CCCC3)C(F)(F)Cc2cc(nn2C)CSC/C=N/N1C. The zero-order valence-electron chi connectivity index (χ0n) is 27.7. The van der Waals surface area contributed by atoms with Gasteiger partial charge in [-0.3, -0.25) is 9.69 Å². The molecule has 2 aromatic carbocycles. The molecule has 1 N–H and O–H groups in total. The van der Waals surface area contributed by atoms with Crippen LogP contribution >= 0.6 is 23.4 Å². The van der Waals surface area contributed by atoms with E-state index in [1.807, 2.05) is 26.1 Å². The molecule has 1 aliphatic heterocycles. The lowest BCUT2D eigenvalue weighted by Crippen LogP contribution is -2.20. The molecule has 0 fully saturated rings. The van der Waals surface area contributed by atoms with Gasteiger partial charge in [0.2, 0.25) is 0 Å². The second kappa shape index (κ2) is 14.0. The van der Waals surface area contributed by atoms with Crippen LogP contribution in [0.1, 0.15) is 75.9 Å². The molecule has 2 aromatic heterocycles. The second-order valence-corrected chi connectivity index (χ2v) is 14.0. The molecule has 0 saturated carbocycles. The number of carboxylic acid groups (broad SMARTS) is 1. The van der Waals surface area contributed by atoms with Gasteiger partial charge in [-0.2, -0.15) is 10.2 Å². The van der Waals surface area contributed by atoms with Gasteiger partial charge in [-0.15, -0.1) is 11.8 Å². The number of alkyl halides is 2. The topological polar surface area (TPSA) is 84.9 Å². The van der Waals surface area contributed by atoms with E-state index in [-0.39, 0.29) is 17.9 Å².